The highest BCUT2D eigenvalue weighted by atomic mass is 32.2. The van der Waals surface area contributed by atoms with Crippen LogP contribution in [0, 0.1) is 10.1 Å². The number of nitro benzene ring substituents is 1. The molecule has 0 bridgehead atoms. The van der Waals surface area contributed by atoms with Crippen molar-refractivity contribution in [3.8, 4) is 0 Å². The Morgan fingerprint density at radius 2 is 1.87 bits per heavy atom. The molecular formula is C20H21N7O2S. The zero-order valence-corrected chi connectivity index (χ0v) is 17.2. The van der Waals surface area contributed by atoms with Crippen molar-refractivity contribution in [2.45, 2.75) is 30.8 Å². The zero-order chi connectivity index (χ0) is 20.9. The predicted octanol–water partition coefficient (Wildman–Crippen LogP) is 3.29. The van der Waals surface area contributed by atoms with Gasteiger partial charge in [0.05, 0.1) is 23.2 Å². The molecule has 0 amide bonds. The van der Waals surface area contributed by atoms with E-state index < -0.39 is 4.92 Å². The van der Waals surface area contributed by atoms with Gasteiger partial charge in [-0.15, -0.1) is 22.4 Å². The van der Waals surface area contributed by atoms with Gasteiger partial charge in [0.1, 0.15) is 5.03 Å². The van der Waals surface area contributed by atoms with Gasteiger partial charge in [0.15, 0.2) is 5.84 Å². The number of rotatable bonds is 8. The first-order chi connectivity index (χ1) is 14.7. The lowest BCUT2D eigenvalue weighted by molar-refractivity contribution is -0.384. The summed E-state index contributed by atoms with van der Waals surface area (Å²) in [4.78, 5) is 10.5. The second kappa shape index (κ2) is 8.97. The Bertz CT molecular complexity index is 1050. The summed E-state index contributed by atoms with van der Waals surface area (Å²) in [5.74, 6) is 1.55. The van der Waals surface area contributed by atoms with Crippen LogP contribution in [0.15, 0.2) is 70.9 Å². The minimum absolute atomic E-state index is 0.0731. The molecule has 3 aromatic rings. The number of amidine groups is 1. The number of aryl methyl sites for hydroxylation is 1. The third-order valence-corrected chi connectivity index (χ3v) is 5.82. The van der Waals surface area contributed by atoms with Gasteiger partial charge in [-0.25, -0.2) is 5.53 Å². The van der Waals surface area contributed by atoms with Gasteiger partial charge in [-0.3, -0.25) is 19.8 Å². The zero-order valence-electron chi connectivity index (χ0n) is 16.4. The molecule has 9 nitrogen and oxygen atoms in total. The van der Waals surface area contributed by atoms with Crippen LogP contribution < -0.4 is 11.1 Å². The molecule has 154 valence electrons. The smallest absolute Gasteiger partial charge is 0.266 e. The van der Waals surface area contributed by atoms with E-state index in [1.165, 1.54) is 17.7 Å². The highest BCUT2D eigenvalue weighted by molar-refractivity contribution is 7.98. The van der Waals surface area contributed by atoms with Crippen LogP contribution in [0.4, 0.5) is 5.69 Å². The van der Waals surface area contributed by atoms with Crippen LogP contribution in [-0.2, 0) is 18.8 Å². The average molecular weight is 424 g/mol. The largest absolute Gasteiger partial charge is 0.269 e. The Balaban J connectivity index is 1.53. The van der Waals surface area contributed by atoms with Crippen LogP contribution in [0.1, 0.15) is 23.6 Å². The maximum Gasteiger partial charge on any atom is 0.269 e. The van der Waals surface area contributed by atoms with E-state index in [2.05, 4.69) is 40.3 Å². The van der Waals surface area contributed by atoms with Crippen molar-refractivity contribution in [2.24, 2.45) is 5.10 Å². The van der Waals surface area contributed by atoms with Crippen LogP contribution in [0.25, 0.3) is 0 Å². The van der Waals surface area contributed by atoms with Crippen molar-refractivity contribution in [1.29, 1.82) is 0 Å². The van der Waals surface area contributed by atoms with Gasteiger partial charge in [-0.05, 0) is 18.1 Å². The molecule has 0 spiro atoms. The van der Waals surface area contributed by atoms with Gasteiger partial charge in [0.2, 0.25) is 0 Å². The summed E-state index contributed by atoms with van der Waals surface area (Å²) in [6, 6.07) is 16.8. The first kappa shape index (κ1) is 19.9. The van der Waals surface area contributed by atoms with Gasteiger partial charge in [-0.2, -0.15) is 5.10 Å². The van der Waals surface area contributed by atoms with Crippen molar-refractivity contribution in [2.75, 3.05) is 0 Å². The van der Waals surface area contributed by atoms with Crippen molar-refractivity contribution in [3.63, 3.8) is 0 Å². The monoisotopic (exact) mass is 423 g/mol. The summed E-state index contributed by atoms with van der Waals surface area (Å²) >= 11 is 1.72. The van der Waals surface area contributed by atoms with E-state index in [0.717, 1.165) is 34.3 Å². The Morgan fingerprint density at radius 3 is 2.57 bits per heavy atom. The van der Waals surface area contributed by atoms with Crippen LogP contribution in [0.3, 0.4) is 0 Å². The first-order valence-corrected chi connectivity index (χ1v) is 10.5. The molecule has 2 heterocycles. The minimum Gasteiger partial charge on any atom is -0.266 e. The number of hydrazine groups is 2. The number of hydrazone groups is 1. The van der Waals surface area contributed by atoms with Crippen LogP contribution in [-0.4, -0.2) is 25.5 Å². The van der Waals surface area contributed by atoms with Crippen LogP contribution in [0.2, 0.25) is 0 Å². The number of nitrogens with one attached hydrogen (secondary N) is 2. The standard InChI is InChI=1S/C20H21N7O2S/c1-2-25-20(30-14-16-6-4-3-5-7-16)18(12-21-25)19-22-23-24-26(19)13-15-8-10-17(11-9-15)27(28)29/h3-12,23-24H,2,13-14H2,1H3. The second-order valence-corrected chi connectivity index (χ2v) is 7.59. The molecule has 0 fully saturated rings. The number of nitro groups is 1. The molecule has 0 aliphatic carbocycles. The summed E-state index contributed by atoms with van der Waals surface area (Å²) in [6.07, 6.45) is 1.83. The summed E-state index contributed by atoms with van der Waals surface area (Å²) in [7, 11) is 0. The van der Waals surface area contributed by atoms with Gasteiger partial charge in [0.25, 0.3) is 5.69 Å². The molecule has 2 N–H and O–H groups in total. The van der Waals surface area contributed by atoms with Gasteiger partial charge in [-0.1, -0.05) is 42.5 Å². The van der Waals surface area contributed by atoms with Gasteiger partial charge >= 0.3 is 0 Å². The van der Waals surface area contributed by atoms with Crippen LogP contribution in [0.5, 0.6) is 0 Å². The molecule has 1 aliphatic rings. The third-order valence-electron chi connectivity index (χ3n) is 4.64. The van der Waals surface area contributed by atoms with E-state index in [-0.39, 0.29) is 5.69 Å². The topological polar surface area (TPSA) is 101 Å². The summed E-state index contributed by atoms with van der Waals surface area (Å²) < 4.78 is 1.97. The lowest BCUT2D eigenvalue weighted by Gasteiger charge is -2.19. The third kappa shape index (κ3) is 4.29. The highest BCUT2D eigenvalue weighted by Crippen LogP contribution is 2.28. The molecule has 4 rings (SSSR count). The Kier molecular flexibility index (Phi) is 5.96. The van der Waals surface area contributed by atoms with E-state index in [0.29, 0.717) is 6.54 Å². The number of aromatic nitrogens is 2. The molecule has 2 aromatic carbocycles. The number of benzene rings is 2. The number of hydrogen-bond acceptors (Lipinski definition) is 8. The lowest BCUT2D eigenvalue weighted by Crippen LogP contribution is -2.40. The number of nitrogens with zero attached hydrogens (tertiary/aromatic N) is 5. The van der Waals surface area contributed by atoms with E-state index in [4.69, 9.17) is 0 Å². The molecule has 1 aromatic heterocycles. The van der Waals surface area contributed by atoms with Gasteiger partial charge in [0, 0.05) is 24.4 Å². The quantitative estimate of drug-likeness (QED) is 0.326. The number of hydrogen-bond donors (Lipinski definition) is 2. The number of non-ortho nitro benzene ring substituents is 1. The second-order valence-electron chi connectivity index (χ2n) is 6.62. The highest BCUT2D eigenvalue weighted by Gasteiger charge is 2.25. The number of thioether (sulfide) groups is 1. The van der Waals surface area contributed by atoms with Crippen molar-refractivity contribution in [1.82, 2.24) is 25.9 Å². The Hall–Kier alpha value is -3.37. The van der Waals surface area contributed by atoms with E-state index in [9.17, 15) is 10.1 Å². The fraction of sp³-hybridized carbons (Fsp3) is 0.200. The fourth-order valence-corrected chi connectivity index (χ4v) is 4.23. The Morgan fingerprint density at radius 1 is 1.10 bits per heavy atom. The summed E-state index contributed by atoms with van der Waals surface area (Å²) in [6.45, 7) is 3.31. The van der Waals surface area contributed by atoms with Crippen molar-refractivity contribution < 1.29 is 4.92 Å². The maximum atomic E-state index is 10.9. The van der Waals surface area contributed by atoms with E-state index in [1.807, 2.05) is 34.1 Å². The minimum atomic E-state index is -0.401. The predicted molar refractivity (Wildman–Crippen MR) is 115 cm³/mol. The lowest BCUT2D eigenvalue weighted by atomic mass is 10.2. The van der Waals surface area contributed by atoms with E-state index >= 15 is 0 Å². The molecule has 0 saturated heterocycles. The normalized spacial score (nSPS) is 13.2. The van der Waals surface area contributed by atoms with E-state index in [1.54, 1.807) is 23.9 Å². The molecule has 0 atom stereocenters. The summed E-state index contributed by atoms with van der Waals surface area (Å²) in [5.41, 5.74) is 8.99. The molecule has 30 heavy (non-hydrogen) atoms. The van der Waals surface area contributed by atoms with Gasteiger partial charge < -0.3 is 0 Å². The summed E-state index contributed by atoms with van der Waals surface area (Å²) in [5, 5.41) is 22.7. The van der Waals surface area contributed by atoms with Crippen molar-refractivity contribution >= 4 is 23.3 Å². The molecule has 0 radical (unpaired) electrons. The van der Waals surface area contributed by atoms with Crippen molar-refractivity contribution in [3.05, 3.63) is 87.6 Å². The SMILES string of the molecule is CCn1ncc(C2=NNNN2Cc2ccc([N+](=O)[O-])cc2)c1SCc1ccccc1. The fourth-order valence-electron chi connectivity index (χ4n) is 3.11. The average Bonchev–Trinajstić information content (AvgIpc) is 3.39. The molecule has 10 heteroatoms. The molecular weight excluding hydrogens is 402 g/mol. The maximum absolute atomic E-state index is 10.9. The molecule has 1 aliphatic heterocycles. The molecule has 0 saturated carbocycles. The Labute approximate surface area is 177 Å². The molecule has 0 unspecified atom stereocenters. The van der Waals surface area contributed by atoms with Crippen LogP contribution >= 0.6 is 11.8 Å². The first-order valence-electron chi connectivity index (χ1n) is 9.48.